The standard InChI is InChI=1S/C18H39N5O/c1-5-11-22(6-2)15-10-20-18(19-3)21-17-8-13-23(14-9-17)12-7-16-24-4/h17H,5-16H2,1-4H3,(H2,19,20,21). The molecular formula is C18H39N5O. The summed E-state index contributed by atoms with van der Waals surface area (Å²) in [5.41, 5.74) is 0. The normalized spacial score (nSPS) is 17.5. The van der Waals surface area contributed by atoms with Crippen LogP contribution in [0.4, 0.5) is 0 Å². The van der Waals surface area contributed by atoms with Gasteiger partial charge in [0, 0.05) is 59.5 Å². The van der Waals surface area contributed by atoms with Crippen molar-refractivity contribution in [1.82, 2.24) is 20.4 Å². The van der Waals surface area contributed by atoms with Gasteiger partial charge >= 0.3 is 0 Å². The Hall–Kier alpha value is -0.850. The lowest BCUT2D eigenvalue weighted by Crippen LogP contribution is -2.49. The number of hydrogen-bond acceptors (Lipinski definition) is 4. The molecule has 1 aliphatic rings. The van der Waals surface area contributed by atoms with Gasteiger partial charge in [0.25, 0.3) is 0 Å². The number of methoxy groups -OCH3 is 1. The molecule has 0 aromatic carbocycles. The average Bonchev–Trinajstić information content (AvgIpc) is 2.61. The molecule has 1 aliphatic heterocycles. The van der Waals surface area contributed by atoms with Crippen LogP contribution in [-0.4, -0.2) is 88.4 Å². The molecule has 0 aromatic heterocycles. The van der Waals surface area contributed by atoms with Crippen LogP contribution in [0.25, 0.3) is 0 Å². The van der Waals surface area contributed by atoms with E-state index in [2.05, 4.69) is 39.3 Å². The first-order chi connectivity index (χ1) is 11.7. The Kier molecular flexibility index (Phi) is 11.9. The van der Waals surface area contributed by atoms with Crippen molar-refractivity contribution >= 4 is 5.96 Å². The van der Waals surface area contributed by atoms with Crippen LogP contribution in [0.5, 0.6) is 0 Å². The van der Waals surface area contributed by atoms with Gasteiger partial charge in [-0.05, 0) is 38.8 Å². The SMILES string of the molecule is CCCN(CC)CCNC(=NC)NC1CCN(CCCOC)CC1. The van der Waals surface area contributed by atoms with Crippen LogP contribution in [0.3, 0.4) is 0 Å². The molecule has 24 heavy (non-hydrogen) atoms. The number of guanidine groups is 1. The molecule has 2 N–H and O–H groups in total. The van der Waals surface area contributed by atoms with Crippen molar-refractivity contribution in [3.8, 4) is 0 Å². The fourth-order valence-electron chi connectivity index (χ4n) is 3.20. The topological polar surface area (TPSA) is 52.1 Å². The number of nitrogens with one attached hydrogen (secondary N) is 2. The third-order valence-corrected chi connectivity index (χ3v) is 4.68. The maximum Gasteiger partial charge on any atom is 0.191 e. The van der Waals surface area contributed by atoms with Gasteiger partial charge in [0.2, 0.25) is 0 Å². The molecule has 1 fully saturated rings. The number of aliphatic imine (C=N–C) groups is 1. The van der Waals surface area contributed by atoms with Gasteiger partial charge in [0.15, 0.2) is 5.96 Å². The van der Waals surface area contributed by atoms with Gasteiger partial charge in [-0.15, -0.1) is 0 Å². The molecule has 142 valence electrons. The van der Waals surface area contributed by atoms with Crippen molar-refractivity contribution in [1.29, 1.82) is 0 Å². The van der Waals surface area contributed by atoms with Gasteiger partial charge in [-0.2, -0.15) is 0 Å². The minimum absolute atomic E-state index is 0.535. The van der Waals surface area contributed by atoms with Gasteiger partial charge in [-0.1, -0.05) is 13.8 Å². The van der Waals surface area contributed by atoms with E-state index in [-0.39, 0.29) is 0 Å². The number of nitrogens with zero attached hydrogens (tertiary/aromatic N) is 3. The highest BCUT2D eigenvalue weighted by Gasteiger charge is 2.19. The summed E-state index contributed by atoms with van der Waals surface area (Å²) >= 11 is 0. The first-order valence-corrected chi connectivity index (χ1v) is 9.64. The quantitative estimate of drug-likeness (QED) is 0.338. The molecule has 0 aliphatic carbocycles. The van der Waals surface area contributed by atoms with Gasteiger partial charge in [0.05, 0.1) is 0 Å². The summed E-state index contributed by atoms with van der Waals surface area (Å²) < 4.78 is 5.13. The molecule has 0 aromatic rings. The molecule has 1 rings (SSSR count). The molecule has 0 radical (unpaired) electrons. The summed E-state index contributed by atoms with van der Waals surface area (Å²) in [5.74, 6) is 0.945. The Balaban J connectivity index is 2.20. The van der Waals surface area contributed by atoms with Crippen molar-refractivity contribution in [2.45, 2.75) is 45.6 Å². The molecule has 0 unspecified atom stereocenters. The lowest BCUT2D eigenvalue weighted by atomic mass is 10.1. The zero-order valence-corrected chi connectivity index (χ0v) is 16.3. The molecular weight excluding hydrogens is 302 g/mol. The fraction of sp³-hybridized carbons (Fsp3) is 0.944. The van der Waals surface area contributed by atoms with Crippen LogP contribution in [0.1, 0.15) is 39.5 Å². The summed E-state index contributed by atoms with van der Waals surface area (Å²) in [4.78, 5) is 9.39. The largest absolute Gasteiger partial charge is 0.385 e. The summed E-state index contributed by atoms with van der Waals surface area (Å²) in [6.45, 7) is 13.1. The minimum Gasteiger partial charge on any atom is -0.385 e. The first kappa shape index (κ1) is 21.2. The minimum atomic E-state index is 0.535. The molecule has 0 saturated carbocycles. The van der Waals surface area contributed by atoms with Crippen molar-refractivity contribution < 1.29 is 4.74 Å². The highest BCUT2D eigenvalue weighted by atomic mass is 16.5. The molecule has 1 heterocycles. The zero-order chi connectivity index (χ0) is 17.6. The van der Waals surface area contributed by atoms with Gasteiger partial charge < -0.3 is 25.2 Å². The summed E-state index contributed by atoms with van der Waals surface area (Å²) in [7, 11) is 3.63. The number of likely N-dealkylation sites (tertiary alicyclic amines) is 1. The maximum atomic E-state index is 5.13. The Morgan fingerprint density at radius 2 is 2.00 bits per heavy atom. The number of likely N-dealkylation sites (N-methyl/N-ethyl adjacent to an activating group) is 1. The predicted octanol–water partition coefficient (Wildman–Crippen LogP) is 1.38. The van der Waals surface area contributed by atoms with Gasteiger partial charge in [-0.25, -0.2) is 0 Å². The van der Waals surface area contributed by atoms with E-state index in [1.54, 1.807) is 7.11 Å². The lowest BCUT2D eigenvalue weighted by Gasteiger charge is -2.33. The third-order valence-electron chi connectivity index (χ3n) is 4.68. The van der Waals surface area contributed by atoms with Crippen LogP contribution in [0.15, 0.2) is 4.99 Å². The molecule has 0 bridgehead atoms. The second-order valence-electron chi connectivity index (χ2n) is 6.54. The second-order valence-corrected chi connectivity index (χ2v) is 6.54. The Labute approximate surface area is 149 Å². The van der Waals surface area contributed by atoms with Crippen molar-refractivity contribution in [3.63, 3.8) is 0 Å². The van der Waals surface area contributed by atoms with Gasteiger partial charge in [-0.3, -0.25) is 4.99 Å². The highest BCUT2D eigenvalue weighted by Crippen LogP contribution is 2.10. The van der Waals surface area contributed by atoms with Gasteiger partial charge in [0.1, 0.15) is 0 Å². The fourth-order valence-corrected chi connectivity index (χ4v) is 3.20. The zero-order valence-electron chi connectivity index (χ0n) is 16.3. The van der Waals surface area contributed by atoms with E-state index < -0.39 is 0 Å². The number of ether oxygens (including phenoxy) is 1. The van der Waals surface area contributed by atoms with E-state index in [0.717, 1.165) is 45.2 Å². The molecule has 0 atom stereocenters. The van der Waals surface area contributed by atoms with E-state index in [1.807, 2.05) is 7.05 Å². The van der Waals surface area contributed by atoms with Crippen molar-refractivity contribution in [2.24, 2.45) is 4.99 Å². The van der Waals surface area contributed by atoms with E-state index >= 15 is 0 Å². The summed E-state index contributed by atoms with van der Waals surface area (Å²) in [5, 5.41) is 7.05. The molecule has 0 spiro atoms. The van der Waals surface area contributed by atoms with Crippen LogP contribution in [-0.2, 0) is 4.74 Å². The van der Waals surface area contributed by atoms with E-state index in [4.69, 9.17) is 4.74 Å². The smallest absolute Gasteiger partial charge is 0.191 e. The Morgan fingerprint density at radius 3 is 2.58 bits per heavy atom. The van der Waals surface area contributed by atoms with Crippen molar-refractivity contribution in [2.75, 3.05) is 66.6 Å². The average molecular weight is 342 g/mol. The van der Waals surface area contributed by atoms with E-state index in [0.29, 0.717) is 6.04 Å². The number of rotatable bonds is 11. The first-order valence-electron chi connectivity index (χ1n) is 9.64. The van der Waals surface area contributed by atoms with Crippen LogP contribution in [0, 0.1) is 0 Å². The van der Waals surface area contributed by atoms with Crippen LogP contribution in [0.2, 0.25) is 0 Å². The Morgan fingerprint density at radius 1 is 1.25 bits per heavy atom. The lowest BCUT2D eigenvalue weighted by molar-refractivity contribution is 0.155. The summed E-state index contributed by atoms with van der Waals surface area (Å²) in [6, 6.07) is 0.535. The molecule has 1 saturated heterocycles. The molecule has 6 heteroatoms. The summed E-state index contributed by atoms with van der Waals surface area (Å²) in [6.07, 6.45) is 4.71. The molecule has 0 amide bonds. The third kappa shape index (κ3) is 8.85. The van der Waals surface area contributed by atoms with Crippen molar-refractivity contribution in [3.05, 3.63) is 0 Å². The monoisotopic (exact) mass is 341 g/mol. The number of hydrogen-bond donors (Lipinski definition) is 2. The van der Waals surface area contributed by atoms with E-state index in [1.165, 1.54) is 38.9 Å². The Bertz CT molecular complexity index is 329. The maximum absolute atomic E-state index is 5.13. The van der Waals surface area contributed by atoms with Crippen LogP contribution < -0.4 is 10.6 Å². The van der Waals surface area contributed by atoms with E-state index in [9.17, 15) is 0 Å². The molecule has 6 nitrogen and oxygen atoms in total. The second kappa shape index (κ2) is 13.4. The highest BCUT2D eigenvalue weighted by molar-refractivity contribution is 5.79. The number of piperidine rings is 1. The predicted molar refractivity (Wildman–Crippen MR) is 103 cm³/mol. The van der Waals surface area contributed by atoms with Crippen LogP contribution >= 0.6 is 0 Å².